The highest BCUT2D eigenvalue weighted by molar-refractivity contribution is 6.29. The standard InChI is InChI=1S/C18H18ClN3O2.C2H3F3/c1-12-4-6-14(7-5-12)22-16(23)18(2,3)21(17(22)24)11-13-8-9-20-15(19)10-13;1-2(3,4)5/h4-10H,11H2,1-3H3;1H3. The predicted molar refractivity (Wildman–Crippen MR) is 105 cm³/mol. The minimum atomic E-state index is -4.00. The van der Waals surface area contributed by atoms with Gasteiger partial charge in [0.15, 0.2) is 0 Å². The molecule has 0 aliphatic carbocycles. The molecule has 3 rings (SSSR count). The van der Waals surface area contributed by atoms with E-state index >= 15 is 0 Å². The number of carbonyl (C=O) groups is 2. The molecule has 3 amide bonds. The molecule has 1 aliphatic rings. The van der Waals surface area contributed by atoms with E-state index in [4.69, 9.17) is 11.6 Å². The lowest BCUT2D eigenvalue weighted by atomic mass is 10.0. The fourth-order valence-corrected chi connectivity index (χ4v) is 2.94. The fourth-order valence-electron chi connectivity index (χ4n) is 2.75. The monoisotopic (exact) mass is 427 g/mol. The number of carbonyl (C=O) groups excluding carboxylic acids is 2. The van der Waals surface area contributed by atoms with Crippen LogP contribution in [0.2, 0.25) is 5.15 Å². The first-order chi connectivity index (χ1) is 13.3. The van der Waals surface area contributed by atoms with E-state index in [1.165, 1.54) is 4.90 Å². The highest BCUT2D eigenvalue weighted by Gasteiger charge is 2.51. The van der Waals surface area contributed by atoms with Crippen molar-refractivity contribution in [1.82, 2.24) is 9.88 Å². The molecule has 1 aromatic carbocycles. The van der Waals surface area contributed by atoms with Crippen LogP contribution in [0.25, 0.3) is 0 Å². The lowest BCUT2D eigenvalue weighted by Gasteiger charge is -2.27. The van der Waals surface area contributed by atoms with Gasteiger partial charge in [0, 0.05) is 19.7 Å². The number of nitrogens with zero attached hydrogens (tertiary/aromatic N) is 3. The summed E-state index contributed by atoms with van der Waals surface area (Å²) in [6.45, 7) is 5.95. The summed E-state index contributed by atoms with van der Waals surface area (Å²) in [6, 6.07) is 10.5. The van der Waals surface area contributed by atoms with Crippen molar-refractivity contribution in [3.8, 4) is 0 Å². The molecule has 0 bridgehead atoms. The number of hydrogen-bond acceptors (Lipinski definition) is 3. The van der Waals surface area contributed by atoms with Crippen molar-refractivity contribution in [3.05, 3.63) is 58.9 Å². The second-order valence-electron chi connectivity index (χ2n) is 7.17. The van der Waals surface area contributed by atoms with Gasteiger partial charge in [0.2, 0.25) is 0 Å². The van der Waals surface area contributed by atoms with Gasteiger partial charge in [-0.05, 0) is 50.6 Å². The average molecular weight is 428 g/mol. The van der Waals surface area contributed by atoms with E-state index in [2.05, 4.69) is 4.98 Å². The molecule has 0 radical (unpaired) electrons. The third-order valence-corrected chi connectivity index (χ3v) is 4.45. The molecule has 1 saturated heterocycles. The number of alkyl halides is 3. The average Bonchev–Trinajstić information content (AvgIpc) is 2.75. The zero-order valence-corrected chi connectivity index (χ0v) is 17.2. The number of aryl methyl sites for hydroxylation is 1. The number of benzene rings is 1. The number of pyridine rings is 1. The van der Waals surface area contributed by atoms with Gasteiger partial charge in [-0.2, -0.15) is 13.2 Å². The maximum Gasteiger partial charge on any atom is 0.386 e. The van der Waals surface area contributed by atoms with Gasteiger partial charge in [0.05, 0.1) is 5.69 Å². The summed E-state index contributed by atoms with van der Waals surface area (Å²) in [7, 11) is 0. The van der Waals surface area contributed by atoms with Crippen LogP contribution < -0.4 is 4.90 Å². The number of rotatable bonds is 3. The number of imide groups is 1. The van der Waals surface area contributed by atoms with Gasteiger partial charge in [-0.15, -0.1) is 0 Å². The number of amides is 3. The van der Waals surface area contributed by atoms with E-state index in [1.807, 2.05) is 19.1 Å². The van der Waals surface area contributed by atoms with Gasteiger partial charge < -0.3 is 4.90 Å². The summed E-state index contributed by atoms with van der Waals surface area (Å²) in [5.41, 5.74) is 1.55. The predicted octanol–water partition coefficient (Wildman–Crippen LogP) is 5.36. The number of halogens is 4. The summed E-state index contributed by atoms with van der Waals surface area (Å²) in [6.07, 6.45) is -2.41. The minimum absolute atomic E-state index is 0.188. The molecule has 0 atom stereocenters. The summed E-state index contributed by atoms with van der Waals surface area (Å²) in [4.78, 5) is 32.4. The van der Waals surface area contributed by atoms with Crippen LogP contribution in [0.1, 0.15) is 31.9 Å². The molecular weight excluding hydrogens is 407 g/mol. The first kappa shape index (κ1) is 22.7. The molecule has 1 fully saturated rings. The molecule has 5 nitrogen and oxygen atoms in total. The molecule has 0 unspecified atom stereocenters. The highest BCUT2D eigenvalue weighted by Crippen LogP contribution is 2.33. The van der Waals surface area contributed by atoms with Gasteiger partial charge in [-0.3, -0.25) is 4.79 Å². The Morgan fingerprint density at radius 3 is 2.17 bits per heavy atom. The zero-order valence-electron chi connectivity index (χ0n) is 16.4. The Kier molecular flexibility index (Phi) is 6.57. The number of urea groups is 1. The van der Waals surface area contributed by atoms with Crippen LogP contribution in [0.3, 0.4) is 0 Å². The van der Waals surface area contributed by atoms with Crippen LogP contribution in [-0.2, 0) is 11.3 Å². The zero-order chi connectivity index (χ0) is 22.0. The lowest BCUT2D eigenvalue weighted by molar-refractivity contribution is -0.123. The second kappa shape index (κ2) is 8.41. The molecule has 1 aliphatic heterocycles. The van der Waals surface area contributed by atoms with Crippen molar-refractivity contribution in [2.75, 3.05) is 4.90 Å². The van der Waals surface area contributed by atoms with E-state index in [0.29, 0.717) is 17.4 Å². The molecule has 29 heavy (non-hydrogen) atoms. The van der Waals surface area contributed by atoms with Gasteiger partial charge in [0.1, 0.15) is 10.7 Å². The number of anilines is 1. The van der Waals surface area contributed by atoms with Gasteiger partial charge >= 0.3 is 12.2 Å². The maximum absolute atomic E-state index is 12.9. The van der Waals surface area contributed by atoms with Crippen LogP contribution in [0.15, 0.2) is 42.6 Å². The van der Waals surface area contributed by atoms with E-state index < -0.39 is 11.7 Å². The Morgan fingerprint density at radius 2 is 1.66 bits per heavy atom. The Hall–Kier alpha value is -2.61. The minimum Gasteiger partial charge on any atom is -0.305 e. The first-order valence-electron chi connectivity index (χ1n) is 8.70. The Balaban J connectivity index is 0.000000537. The fraction of sp³-hybridized carbons (Fsp3) is 0.350. The summed E-state index contributed by atoms with van der Waals surface area (Å²) >= 11 is 5.91. The van der Waals surface area contributed by atoms with E-state index in [1.54, 1.807) is 49.2 Å². The van der Waals surface area contributed by atoms with Crippen molar-refractivity contribution in [2.45, 2.75) is 46.0 Å². The van der Waals surface area contributed by atoms with Crippen LogP contribution in [0.5, 0.6) is 0 Å². The second-order valence-corrected chi connectivity index (χ2v) is 7.56. The topological polar surface area (TPSA) is 53.5 Å². The highest BCUT2D eigenvalue weighted by atomic mass is 35.5. The molecule has 1 aromatic heterocycles. The Morgan fingerprint density at radius 1 is 1.10 bits per heavy atom. The summed E-state index contributed by atoms with van der Waals surface area (Å²) in [5.74, 6) is -0.239. The number of aromatic nitrogens is 1. The Labute approximate surface area is 172 Å². The van der Waals surface area contributed by atoms with Crippen molar-refractivity contribution in [2.24, 2.45) is 0 Å². The molecule has 9 heteroatoms. The molecule has 2 aromatic rings. The molecular formula is C20H21ClF3N3O2. The summed E-state index contributed by atoms with van der Waals surface area (Å²) in [5, 5.41) is 0.360. The first-order valence-corrected chi connectivity index (χ1v) is 9.08. The lowest BCUT2D eigenvalue weighted by Crippen LogP contribution is -2.43. The molecule has 0 spiro atoms. The smallest absolute Gasteiger partial charge is 0.305 e. The van der Waals surface area contributed by atoms with Gasteiger partial charge in [0.25, 0.3) is 5.91 Å². The van der Waals surface area contributed by atoms with Crippen molar-refractivity contribution in [3.63, 3.8) is 0 Å². The summed E-state index contributed by atoms with van der Waals surface area (Å²) < 4.78 is 31.1. The van der Waals surface area contributed by atoms with Crippen LogP contribution in [0, 0.1) is 6.92 Å². The van der Waals surface area contributed by atoms with Gasteiger partial charge in [-0.25, -0.2) is 14.7 Å². The third kappa shape index (κ3) is 5.69. The largest absolute Gasteiger partial charge is 0.386 e. The molecule has 0 N–H and O–H groups in total. The van der Waals surface area contributed by atoms with E-state index in [0.717, 1.165) is 11.1 Å². The van der Waals surface area contributed by atoms with Crippen molar-refractivity contribution in [1.29, 1.82) is 0 Å². The van der Waals surface area contributed by atoms with E-state index in [9.17, 15) is 22.8 Å². The SMILES string of the molecule is CC(F)(F)F.Cc1ccc(N2C(=O)N(Cc3ccnc(Cl)c3)C(C)(C)C2=O)cc1. The van der Waals surface area contributed by atoms with E-state index in [-0.39, 0.29) is 18.9 Å². The number of hydrogen-bond donors (Lipinski definition) is 0. The van der Waals surface area contributed by atoms with Crippen LogP contribution in [0.4, 0.5) is 23.7 Å². The molecule has 156 valence electrons. The Bertz CT molecular complexity index is 893. The molecule has 2 heterocycles. The maximum atomic E-state index is 12.9. The molecule has 0 saturated carbocycles. The third-order valence-electron chi connectivity index (χ3n) is 4.25. The quantitative estimate of drug-likeness (QED) is 0.489. The van der Waals surface area contributed by atoms with Gasteiger partial charge in [-0.1, -0.05) is 29.3 Å². The van der Waals surface area contributed by atoms with Crippen LogP contribution in [-0.4, -0.2) is 33.5 Å². The van der Waals surface area contributed by atoms with Crippen molar-refractivity contribution >= 4 is 29.2 Å². The van der Waals surface area contributed by atoms with Crippen molar-refractivity contribution < 1.29 is 22.8 Å². The normalized spacial score (nSPS) is 16.0. The van der Waals surface area contributed by atoms with Crippen LogP contribution >= 0.6 is 11.6 Å².